The van der Waals surface area contributed by atoms with E-state index < -0.39 is 0 Å². The fourth-order valence-corrected chi connectivity index (χ4v) is 2.05. The Hall–Kier alpha value is -0.160. The highest BCUT2D eigenvalue weighted by Gasteiger charge is 2.42. The SMILES string of the molecule is CCCOC1C(NC)CC1OC(C)COC. The fraction of sp³-hybridized carbons (Fsp3) is 1.00. The zero-order valence-electron chi connectivity index (χ0n) is 10.9. The standard InChI is InChI=1S/C12H25NO3/c1-5-6-15-12-10(13-3)7-11(12)16-9(2)8-14-4/h9-13H,5-8H2,1-4H3. The highest BCUT2D eigenvalue weighted by molar-refractivity contribution is 4.97. The van der Waals surface area contributed by atoms with Crippen LogP contribution in [-0.2, 0) is 14.2 Å². The van der Waals surface area contributed by atoms with Gasteiger partial charge >= 0.3 is 0 Å². The Labute approximate surface area is 98.6 Å². The van der Waals surface area contributed by atoms with Crippen molar-refractivity contribution in [3.05, 3.63) is 0 Å². The molecular weight excluding hydrogens is 206 g/mol. The first kappa shape index (κ1) is 13.9. The highest BCUT2D eigenvalue weighted by atomic mass is 16.6. The van der Waals surface area contributed by atoms with Crippen LogP contribution in [0.5, 0.6) is 0 Å². The quantitative estimate of drug-likeness (QED) is 0.681. The molecule has 0 aromatic carbocycles. The molecule has 0 saturated heterocycles. The molecular formula is C12H25NO3. The van der Waals surface area contributed by atoms with Gasteiger partial charge in [-0.3, -0.25) is 0 Å². The molecule has 0 bridgehead atoms. The third-order valence-corrected chi connectivity index (χ3v) is 2.94. The molecule has 4 atom stereocenters. The van der Waals surface area contributed by atoms with Gasteiger partial charge < -0.3 is 19.5 Å². The number of likely N-dealkylation sites (N-methyl/N-ethyl adjacent to an activating group) is 1. The first-order chi connectivity index (χ1) is 7.72. The van der Waals surface area contributed by atoms with Gasteiger partial charge in [-0.15, -0.1) is 0 Å². The molecule has 0 radical (unpaired) electrons. The minimum Gasteiger partial charge on any atom is -0.382 e. The minimum absolute atomic E-state index is 0.139. The topological polar surface area (TPSA) is 39.7 Å². The average molecular weight is 231 g/mol. The monoisotopic (exact) mass is 231 g/mol. The molecule has 16 heavy (non-hydrogen) atoms. The Morgan fingerprint density at radius 2 is 2.19 bits per heavy atom. The number of hydrogen-bond donors (Lipinski definition) is 1. The van der Waals surface area contributed by atoms with Gasteiger partial charge in [0.25, 0.3) is 0 Å². The molecule has 1 rings (SSSR count). The predicted molar refractivity (Wildman–Crippen MR) is 63.7 cm³/mol. The molecule has 0 aromatic rings. The van der Waals surface area contributed by atoms with Crippen LogP contribution in [0.25, 0.3) is 0 Å². The first-order valence-electron chi connectivity index (χ1n) is 6.16. The third kappa shape index (κ3) is 3.70. The van der Waals surface area contributed by atoms with Gasteiger partial charge in [0.05, 0.1) is 24.9 Å². The van der Waals surface area contributed by atoms with Crippen LogP contribution >= 0.6 is 0 Å². The Kier molecular flexibility index (Phi) is 6.28. The van der Waals surface area contributed by atoms with E-state index in [1.807, 2.05) is 14.0 Å². The van der Waals surface area contributed by atoms with Gasteiger partial charge in [-0.05, 0) is 26.8 Å². The molecule has 96 valence electrons. The summed E-state index contributed by atoms with van der Waals surface area (Å²) in [5, 5.41) is 3.26. The van der Waals surface area contributed by atoms with Gasteiger partial charge in [0.1, 0.15) is 0 Å². The van der Waals surface area contributed by atoms with Gasteiger partial charge in [0.2, 0.25) is 0 Å². The smallest absolute Gasteiger partial charge is 0.0990 e. The van der Waals surface area contributed by atoms with Crippen LogP contribution in [0.2, 0.25) is 0 Å². The van der Waals surface area contributed by atoms with Crippen LogP contribution in [-0.4, -0.2) is 51.7 Å². The van der Waals surface area contributed by atoms with E-state index in [1.54, 1.807) is 7.11 Å². The maximum atomic E-state index is 5.88. The molecule has 0 amide bonds. The maximum absolute atomic E-state index is 5.88. The van der Waals surface area contributed by atoms with E-state index in [0.29, 0.717) is 12.6 Å². The molecule has 0 heterocycles. The Morgan fingerprint density at radius 3 is 2.75 bits per heavy atom. The summed E-state index contributed by atoms with van der Waals surface area (Å²) in [5.74, 6) is 0. The first-order valence-corrected chi connectivity index (χ1v) is 6.16. The van der Waals surface area contributed by atoms with Gasteiger partial charge in [0, 0.05) is 19.8 Å². The van der Waals surface area contributed by atoms with Gasteiger partial charge in [-0.25, -0.2) is 0 Å². The lowest BCUT2D eigenvalue weighted by molar-refractivity contribution is -0.171. The largest absolute Gasteiger partial charge is 0.382 e. The number of rotatable bonds is 8. The summed E-state index contributed by atoms with van der Waals surface area (Å²) in [6.07, 6.45) is 2.63. The van der Waals surface area contributed by atoms with Crippen molar-refractivity contribution >= 4 is 0 Å². The van der Waals surface area contributed by atoms with Crippen LogP contribution in [0.4, 0.5) is 0 Å². The second-order valence-corrected chi connectivity index (χ2v) is 4.41. The second-order valence-electron chi connectivity index (χ2n) is 4.41. The molecule has 0 spiro atoms. The fourth-order valence-electron chi connectivity index (χ4n) is 2.05. The van der Waals surface area contributed by atoms with E-state index in [-0.39, 0.29) is 18.3 Å². The lowest BCUT2D eigenvalue weighted by atomic mass is 9.85. The van der Waals surface area contributed by atoms with Crippen molar-refractivity contribution in [3.63, 3.8) is 0 Å². The van der Waals surface area contributed by atoms with Crippen LogP contribution in [0, 0.1) is 0 Å². The summed E-state index contributed by atoms with van der Waals surface area (Å²) in [6.45, 7) is 5.60. The molecule has 1 aliphatic carbocycles. The second kappa shape index (κ2) is 7.22. The van der Waals surface area contributed by atoms with Crippen molar-refractivity contribution in [2.45, 2.75) is 51.0 Å². The van der Waals surface area contributed by atoms with Crippen molar-refractivity contribution in [2.75, 3.05) is 27.4 Å². The van der Waals surface area contributed by atoms with Crippen molar-refractivity contribution in [1.82, 2.24) is 5.32 Å². The average Bonchev–Trinajstić information content (AvgIpc) is 2.24. The normalized spacial score (nSPS) is 31.1. The van der Waals surface area contributed by atoms with Crippen molar-refractivity contribution in [1.29, 1.82) is 0 Å². The lowest BCUT2D eigenvalue weighted by Crippen LogP contribution is -2.60. The Balaban J connectivity index is 2.30. The summed E-state index contributed by atoms with van der Waals surface area (Å²) >= 11 is 0. The van der Waals surface area contributed by atoms with E-state index in [0.717, 1.165) is 19.4 Å². The highest BCUT2D eigenvalue weighted by Crippen LogP contribution is 2.28. The lowest BCUT2D eigenvalue weighted by Gasteiger charge is -2.44. The van der Waals surface area contributed by atoms with Crippen molar-refractivity contribution in [2.24, 2.45) is 0 Å². The summed E-state index contributed by atoms with van der Waals surface area (Å²) in [5.41, 5.74) is 0. The molecule has 0 aliphatic heterocycles. The summed E-state index contributed by atoms with van der Waals surface area (Å²) in [7, 11) is 3.67. The number of hydrogen-bond acceptors (Lipinski definition) is 4. The molecule has 4 unspecified atom stereocenters. The van der Waals surface area contributed by atoms with E-state index in [9.17, 15) is 0 Å². The van der Waals surface area contributed by atoms with E-state index in [1.165, 1.54) is 0 Å². The van der Waals surface area contributed by atoms with Gasteiger partial charge in [-0.1, -0.05) is 6.92 Å². The number of nitrogens with one attached hydrogen (secondary N) is 1. The zero-order chi connectivity index (χ0) is 12.0. The van der Waals surface area contributed by atoms with Gasteiger partial charge in [0.15, 0.2) is 0 Å². The van der Waals surface area contributed by atoms with Crippen molar-refractivity contribution < 1.29 is 14.2 Å². The third-order valence-electron chi connectivity index (χ3n) is 2.94. The number of methoxy groups -OCH3 is 1. The molecule has 4 heteroatoms. The Bertz CT molecular complexity index is 189. The molecule has 1 fully saturated rings. The molecule has 0 aromatic heterocycles. The summed E-state index contributed by atoms with van der Waals surface area (Å²) in [6, 6.07) is 0.436. The van der Waals surface area contributed by atoms with Gasteiger partial charge in [-0.2, -0.15) is 0 Å². The van der Waals surface area contributed by atoms with E-state index in [2.05, 4.69) is 12.2 Å². The van der Waals surface area contributed by atoms with Crippen LogP contribution in [0.3, 0.4) is 0 Å². The Morgan fingerprint density at radius 1 is 1.44 bits per heavy atom. The van der Waals surface area contributed by atoms with Crippen molar-refractivity contribution in [3.8, 4) is 0 Å². The van der Waals surface area contributed by atoms with Crippen LogP contribution < -0.4 is 5.32 Å². The molecule has 1 aliphatic rings. The van der Waals surface area contributed by atoms with E-state index >= 15 is 0 Å². The molecule has 1 N–H and O–H groups in total. The summed E-state index contributed by atoms with van der Waals surface area (Å²) < 4.78 is 16.7. The zero-order valence-corrected chi connectivity index (χ0v) is 10.9. The van der Waals surface area contributed by atoms with Crippen LogP contribution in [0.1, 0.15) is 26.7 Å². The minimum atomic E-state index is 0.139. The predicted octanol–water partition coefficient (Wildman–Crippen LogP) is 1.19. The maximum Gasteiger partial charge on any atom is 0.0990 e. The molecule has 1 saturated carbocycles. The van der Waals surface area contributed by atoms with Crippen LogP contribution in [0.15, 0.2) is 0 Å². The van der Waals surface area contributed by atoms with E-state index in [4.69, 9.17) is 14.2 Å². The molecule has 4 nitrogen and oxygen atoms in total. The number of ether oxygens (including phenoxy) is 3. The summed E-state index contributed by atoms with van der Waals surface area (Å²) in [4.78, 5) is 0.